The van der Waals surface area contributed by atoms with E-state index < -0.39 is 0 Å². The first-order valence-electron chi connectivity index (χ1n) is 11.2. The van der Waals surface area contributed by atoms with Gasteiger partial charge in [-0.2, -0.15) is 0 Å². The molecular formula is C26H33N3O3S. The summed E-state index contributed by atoms with van der Waals surface area (Å²) < 4.78 is 10.8. The minimum absolute atomic E-state index is 0.0781. The Morgan fingerprint density at radius 3 is 2.48 bits per heavy atom. The summed E-state index contributed by atoms with van der Waals surface area (Å²) in [6, 6.07) is 12.0. The quantitative estimate of drug-likeness (QED) is 0.452. The number of benzene rings is 2. The highest BCUT2D eigenvalue weighted by Crippen LogP contribution is 2.28. The maximum absolute atomic E-state index is 12.9. The molecule has 0 fully saturated rings. The topological polar surface area (TPSA) is 66.6 Å². The molecule has 0 atom stereocenters. The zero-order valence-electron chi connectivity index (χ0n) is 20.1. The van der Waals surface area contributed by atoms with E-state index in [0.717, 1.165) is 47.0 Å². The summed E-state index contributed by atoms with van der Waals surface area (Å²) in [7, 11) is 3.26. The van der Waals surface area contributed by atoms with Gasteiger partial charge in [-0.3, -0.25) is 4.79 Å². The van der Waals surface area contributed by atoms with E-state index in [9.17, 15) is 4.79 Å². The van der Waals surface area contributed by atoms with E-state index in [4.69, 9.17) is 21.7 Å². The fourth-order valence-electron chi connectivity index (χ4n) is 3.84. The van der Waals surface area contributed by atoms with Gasteiger partial charge < -0.3 is 24.7 Å². The van der Waals surface area contributed by atoms with E-state index in [2.05, 4.69) is 35.1 Å². The van der Waals surface area contributed by atoms with Crippen LogP contribution in [0.5, 0.6) is 11.5 Å². The Labute approximate surface area is 200 Å². The third-order valence-electron chi connectivity index (χ3n) is 5.81. The molecule has 0 bridgehead atoms. The number of fused-ring (bicyclic) bond motifs is 1. The Morgan fingerprint density at radius 2 is 1.79 bits per heavy atom. The highest BCUT2D eigenvalue weighted by molar-refractivity contribution is 7.80. The number of pyridine rings is 1. The van der Waals surface area contributed by atoms with Gasteiger partial charge in [0.15, 0.2) is 16.6 Å². The van der Waals surface area contributed by atoms with E-state index in [-0.39, 0.29) is 5.56 Å². The molecule has 0 spiro atoms. The van der Waals surface area contributed by atoms with Gasteiger partial charge in [0.2, 0.25) is 0 Å². The molecule has 176 valence electrons. The number of hydrogen-bond acceptors (Lipinski definition) is 4. The molecule has 0 amide bonds. The smallest absolute Gasteiger partial charge is 0.253 e. The number of nitrogens with one attached hydrogen (secondary N) is 2. The molecule has 3 aromatic rings. The molecule has 0 aliphatic carbocycles. The van der Waals surface area contributed by atoms with Crippen LogP contribution in [0.4, 0.5) is 0 Å². The summed E-state index contributed by atoms with van der Waals surface area (Å²) >= 11 is 5.69. The average molecular weight is 468 g/mol. The summed E-state index contributed by atoms with van der Waals surface area (Å²) in [5, 5.41) is 5.02. The number of nitrogens with zero attached hydrogens (tertiary/aromatic N) is 1. The number of methoxy groups -OCH3 is 2. The van der Waals surface area contributed by atoms with Gasteiger partial charge in [-0.1, -0.05) is 25.1 Å². The highest BCUT2D eigenvalue weighted by Gasteiger charge is 2.15. The maximum Gasteiger partial charge on any atom is 0.253 e. The second kappa shape index (κ2) is 11.2. The lowest BCUT2D eigenvalue weighted by Crippen LogP contribution is -2.41. The van der Waals surface area contributed by atoms with E-state index in [1.807, 2.05) is 37.3 Å². The number of aryl methyl sites for hydroxylation is 2. The van der Waals surface area contributed by atoms with Crippen molar-refractivity contribution in [1.82, 2.24) is 15.2 Å². The lowest BCUT2D eigenvalue weighted by molar-refractivity contribution is 0.354. The Balaban J connectivity index is 1.87. The molecule has 0 saturated heterocycles. The third kappa shape index (κ3) is 5.85. The van der Waals surface area contributed by atoms with Crippen LogP contribution in [-0.4, -0.2) is 42.3 Å². The Bertz CT molecular complexity index is 1190. The highest BCUT2D eigenvalue weighted by atomic mass is 32.1. The molecule has 0 unspecified atom stereocenters. The largest absolute Gasteiger partial charge is 0.493 e. The number of hydrogen-bond donors (Lipinski definition) is 2. The van der Waals surface area contributed by atoms with Gasteiger partial charge in [0, 0.05) is 24.0 Å². The number of aromatic nitrogens is 1. The van der Waals surface area contributed by atoms with Crippen LogP contribution >= 0.6 is 12.2 Å². The molecular weight excluding hydrogens is 434 g/mol. The van der Waals surface area contributed by atoms with E-state index in [0.29, 0.717) is 35.3 Å². The molecule has 0 radical (unpaired) electrons. The number of thiocarbonyl (C=S) groups is 1. The Hall–Kier alpha value is -3.06. The fourth-order valence-corrected chi connectivity index (χ4v) is 4.10. The monoisotopic (exact) mass is 467 g/mol. The van der Waals surface area contributed by atoms with Crippen molar-refractivity contribution in [3.63, 3.8) is 0 Å². The molecule has 0 aliphatic heterocycles. The summed E-state index contributed by atoms with van der Waals surface area (Å²) in [5.41, 5.74) is 4.82. The molecule has 1 aromatic heterocycles. The van der Waals surface area contributed by atoms with Crippen molar-refractivity contribution in [2.45, 2.75) is 40.2 Å². The standard InChI is InChI=1S/C26H33N3O3S/c1-6-12-27-26(33)29(13-11-19-9-10-22(31-4)23(14-19)32-5)16-20-15-21-17(2)7-8-18(3)24(21)28-25(20)30/h7-10,14-15H,6,11-13,16H2,1-5H3,(H,27,33)(H,28,30). The van der Waals surface area contributed by atoms with E-state index >= 15 is 0 Å². The first-order chi connectivity index (χ1) is 15.9. The second-order valence-electron chi connectivity index (χ2n) is 8.20. The van der Waals surface area contributed by atoms with Crippen molar-refractivity contribution in [1.29, 1.82) is 0 Å². The van der Waals surface area contributed by atoms with E-state index in [1.165, 1.54) is 0 Å². The SMILES string of the molecule is CCCNC(=S)N(CCc1ccc(OC)c(OC)c1)Cc1cc2c(C)ccc(C)c2[nH]c1=O. The third-order valence-corrected chi connectivity index (χ3v) is 6.22. The first kappa shape index (κ1) is 24.6. The van der Waals surface area contributed by atoms with Crippen molar-refractivity contribution in [2.24, 2.45) is 0 Å². The van der Waals surface area contributed by atoms with Crippen LogP contribution in [0.1, 0.15) is 35.6 Å². The second-order valence-corrected chi connectivity index (χ2v) is 8.59. The summed E-state index contributed by atoms with van der Waals surface area (Å²) in [4.78, 5) is 18.1. The molecule has 33 heavy (non-hydrogen) atoms. The number of H-pyrrole nitrogens is 1. The van der Waals surface area contributed by atoms with Gasteiger partial charge in [-0.05, 0) is 73.8 Å². The lowest BCUT2D eigenvalue weighted by atomic mass is 10.0. The molecule has 7 heteroatoms. The summed E-state index contributed by atoms with van der Waals surface area (Å²) in [6.45, 7) is 8.06. The van der Waals surface area contributed by atoms with Crippen LogP contribution in [0.2, 0.25) is 0 Å². The summed E-state index contributed by atoms with van der Waals surface area (Å²) in [5.74, 6) is 1.40. The van der Waals surface area contributed by atoms with Crippen LogP contribution in [0.3, 0.4) is 0 Å². The van der Waals surface area contributed by atoms with Crippen molar-refractivity contribution in [2.75, 3.05) is 27.3 Å². The number of aromatic amines is 1. The van der Waals surface area contributed by atoms with Crippen molar-refractivity contribution >= 4 is 28.2 Å². The molecule has 2 aromatic carbocycles. The minimum atomic E-state index is -0.0781. The number of rotatable bonds is 9. The van der Waals surface area contributed by atoms with Gasteiger partial charge in [0.25, 0.3) is 5.56 Å². The molecule has 2 N–H and O–H groups in total. The first-order valence-corrected chi connectivity index (χ1v) is 11.6. The van der Waals surface area contributed by atoms with Crippen LogP contribution < -0.4 is 20.3 Å². The average Bonchev–Trinajstić information content (AvgIpc) is 2.82. The van der Waals surface area contributed by atoms with Crippen molar-refractivity contribution in [3.05, 3.63) is 69.0 Å². The van der Waals surface area contributed by atoms with Crippen molar-refractivity contribution < 1.29 is 9.47 Å². The molecule has 1 heterocycles. The van der Waals surface area contributed by atoms with Gasteiger partial charge >= 0.3 is 0 Å². The molecule has 3 rings (SSSR count). The van der Waals surface area contributed by atoms with Gasteiger partial charge in [0.05, 0.1) is 26.3 Å². The zero-order valence-corrected chi connectivity index (χ0v) is 20.9. The predicted octanol–water partition coefficient (Wildman–Crippen LogP) is 4.49. The summed E-state index contributed by atoms with van der Waals surface area (Å²) in [6.07, 6.45) is 1.72. The van der Waals surface area contributed by atoms with Gasteiger partial charge in [-0.15, -0.1) is 0 Å². The van der Waals surface area contributed by atoms with Crippen molar-refractivity contribution in [3.8, 4) is 11.5 Å². The number of ether oxygens (including phenoxy) is 2. The van der Waals surface area contributed by atoms with Gasteiger partial charge in [-0.25, -0.2) is 0 Å². The predicted molar refractivity (Wildman–Crippen MR) is 139 cm³/mol. The van der Waals surface area contributed by atoms with Crippen LogP contribution in [0.25, 0.3) is 10.9 Å². The van der Waals surface area contributed by atoms with Crippen LogP contribution in [0.15, 0.2) is 41.2 Å². The minimum Gasteiger partial charge on any atom is -0.493 e. The van der Waals surface area contributed by atoms with Crippen LogP contribution in [-0.2, 0) is 13.0 Å². The Kier molecular flexibility index (Phi) is 8.33. The maximum atomic E-state index is 12.9. The molecule has 0 aliphatic rings. The fraction of sp³-hybridized carbons (Fsp3) is 0.385. The van der Waals surface area contributed by atoms with Gasteiger partial charge in [0.1, 0.15) is 0 Å². The van der Waals surface area contributed by atoms with Crippen LogP contribution in [0, 0.1) is 13.8 Å². The lowest BCUT2D eigenvalue weighted by Gasteiger charge is -2.26. The Morgan fingerprint density at radius 1 is 1.06 bits per heavy atom. The molecule has 0 saturated carbocycles. The zero-order chi connectivity index (χ0) is 24.0. The molecule has 6 nitrogen and oxygen atoms in total. The van der Waals surface area contributed by atoms with E-state index in [1.54, 1.807) is 14.2 Å². The normalized spacial score (nSPS) is 10.8.